The predicted octanol–water partition coefficient (Wildman–Crippen LogP) is 3.72. The molecule has 1 aromatic rings. The van der Waals surface area contributed by atoms with E-state index in [1.165, 1.54) is 6.07 Å². The van der Waals surface area contributed by atoms with Crippen molar-refractivity contribution in [1.29, 1.82) is 0 Å². The maximum atomic E-state index is 12.6. The van der Waals surface area contributed by atoms with Crippen molar-refractivity contribution >= 4 is 23.3 Å². The summed E-state index contributed by atoms with van der Waals surface area (Å²) in [6.07, 6.45) is -4.42. The van der Waals surface area contributed by atoms with E-state index in [9.17, 15) is 18.0 Å². The van der Waals surface area contributed by atoms with E-state index in [0.29, 0.717) is 0 Å². The molecular formula is C12H13ClF3NO2. The number of hydrogen-bond acceptors (Lipinski definition) is 3. The molecule has 106 valence electrons. The molecule has 0 amide bonds. The van der Waals surface area contributed by atoms with E-state index in [1.54, 1.807) is 6.92 Å². The van der Waals surface area contributed by atoms with Crippen molar-refractivity contribution in [2.24, 2.45) is 0 Å². The second-order valence-corrected chi connectivity index (χ2v) is 4.08. The average Bonchev–Trinajstić information content (AvgIpc) is 2.30. The van der Waals surface area contributed by atoms with Gasteiger partial charge < -0.3 is 10.1 Å². The number of benzene rings is 1. The Morgan fingerprint density at radius 3 is 2.68 bits per heavy atom. The quantitative estimate of drug-likeness (QED) is 0.841. The van der Waals surface area contributed by atoms with Gasteiger partial charge in [0.05, 0.1) is 23.6 Å². The van der Waals surface area contributed by atoms with E-state index in [2.05, 4.69) is 5.32 Å². The number of ether oxygens (including phenoxy) is 1. The van der Waals surface area contributed by atoms with E-state index in [-0.39, 0.29) is 30.3 Å². The third-order valence-corrected chi connectivity index (χ3v) is 2.56. The lowest BCUT2D eigenvalue weighted by Gasteiger charge is -2.12. The highest BCUT2D eigenvalue weighted by molar-refractivity contribution is 6.31. The summed E-state index contributed by atoms with van der Waals surface area (Å²) in [5.74, 6) is -0.403. The highest BCUT2D eigenvalue weighted by Crippen LogP contribution is 2.36. The molecule has 0 heterocycles. The standard InChI is InChI=1S/C12H13ClF3NO2/c1-2-19-11(18)5-6-17-8-3-4-10(13)9(7-8)12(14,15)16/h3-4,7,17H,2,5-6H2,1H3. The molecule has 0 aliphatic heterocycles. The lowest BCUT2D eigenvalue weighted by atomic mass is 10.2. The largest absolute Gasteiger partial charge is 0.466 e. The first-order valence-corrected chi connectivity index (χ1v) is 5.98. The van der Waals surface area contributed by atoms with Crippen LogP contribution in [0.1, 0.15) is 18.9 Å². The molecule has 19 heavy (non-hydrogen) atoms. The Balaban J connectivity index is 2.63. The SMILES string of the molecule is CCOC(=O)CCNc1ccc(Cl)c(C(F)(F)F)c1. The molecule has 1 aromatic carbocycles. The van der Waals surface area contributed by atoms with E-state index < -0.39 is 17.7 Å². The lowest BCUT2D eigenvalue weighted by molar-refractivity contribution is -0.142. The number of nitrogens with one attached hydrogen (secondary N) is 1. The Morgan fingerprint density at radius 2 is 2.11 bits per heavy atom. The van der Waals surface area contributed by atoms with Gasteiger partial charge in [0.25, 0.3) is 0 Å². The Bertz CT molecular complexity index is 449. The van der Waals surface area contributed by atoms with Crippen molar-refractivity contribution in [3.8, 4) is 0 Å². The number of carbonyl (C=O) groups is 1. The van der Waals surface area contributed by atoms with E-state index in [0.717, 1.165) is 12.1 Å². The molecule has 0 fully saturated rings. The second-order valence-electron chi connectivity index (χ2n) is 3.67. The molecule has 0 unspecified atom stereocenters. The first-order chi connectivity index (χ1) is 8.84. The molecule has 0 aromatic heterocycles. The average molecular weight is 296 g/mol. The van der Waals surface area contributed by atoms with Crippen molar-refractivity contribution < 1.29 is 22.7 Å². The molecule has 0 saturated carbocycles. The fraction of sp³-hybridized carbons (Fsp3) is 0.417. The minimum atomic E-state index is -4.50. The minimum Gasteiger partial charge on any atom is -0.466 e. The van der Waals surface area contributed by atoms with Crippen LogP contribution in [0.5, 0.6) is 0 Å². The van der Waals surface area contributed by atoms with Crippen LogP contribution in [0.4, 0.5) is 18.9 Å². The maximum Gasteiger partial charge on any atom is 0.417 e. The summed E-state index contributed by atoms with van der Waals surface area (Å²) in [6.45, 7) is 2.15. The zero-order valence-electron chi connectivity index (χ0n) is 10.2. The zero-order valence-corrected chi connectivity index (χ0v) is 10.9. The number of carbonyl (C=O) groups excluding carboxylic acids is 1. The molecular weight excluding hydrogens is 283 g/mol. The zero-order chi connectivity index (χ0) is 14.5. The summed E-state index contributed by atoms with van der Waals surface area (Å²) in [5, 5.41) is 2.36. The van der Waals surface area contributed by atoms with Gasteiger partial charge in [-0.1, -0.05) is 11.6 Å². The number of halogens is 4. The second kappa shape index (κ2) is 6.65. The smallest absolute Gasteiger partial charge is 0.417 e. The van der Waals surface area contributed by atoms with Crippen LogP contribution in [0.15, 0.2) is 18.2 Å². The van der Waals surface area contributed by atoms with Gasteiger partial charge in [-0.2, -0.15) is 13.2 Å². The summed E-state index contributed by atoms with van der Waals surface area (Å²) in [5.41, 5.74) is -0.656. The molecule has 0 radical (unpaired) electrons. The van der Waals surface area contributed by atoms with Crippen LogP contribution in [0.25, 0.3) is 0 Å². The van der Waals surface area contributed by atoms with E-state index >= 15 is 0 Å². The van der Waals surface area contributed by atoms with Crippen molar-refractivity contribution in [2.75, 3.05) is 18.5 Å². The highest BCUT2D eigenvalue weighted by atomic mass is 35.5. The van der Waals surface area contributed by atoms with Crippen LogP contribution in [0.2, 0.25) is 5.02 Å². The topological polar surface area (TPSA) is 38.3 Å². The Morgan fingerprint density at radius 1 is 1.42 bits per heavy atom. The van der Waals surface area contributed by atoms with E-state index in [1.807, 2.05) is 0 Å². The van der Waals surface area contributed by atoms with Gasteiger partial charge in [0.1, 0.15) is 0 Å². The maximum absolute atomic E-state index is 12.6. The molecule has 0 spiro atoms. The van der Waals surface area contributed by atoms with Crippen LogP contribution >= 0.6 is 11.6 Å². The van der Waals surface area contributed by atoms with Crippen LogP contribution in [0, 0.1) is 0 Å². The van der Waals surface area contributed by atoms with Gasteiger partial charge in [-0.05, 0) is 25.1 Å². The highest BCUT2D eigenvalue weighted by Gasteiger charge is 2.33. The molecule has 0 aliphatic rings. The first-order valence-electron chi connectivity index (χ1n) is 5.61. The van der Waals surface area contributed by atoms with Crippen molar-refractivity contribution in [3.63, 3.8) is 0 Å². The summed E-state index contributed by atoms with van der Waals surface area (Å²) in [7, 11) is 0. The fourth-order valence-corrected chi connectivity index (χ4v) is 1.62. The molecule has 0 bridgehead atoms. The predicted molar refractivity (Wildman–Crippen MR) is 66.2 cm³/mol. The van der Waals surface area contributed by atoms with Crippen LogP contribution in [-0.4, -0.2) is 19.1 Å². The molecule has 1 rings (SSSR count). The third kappa shape index (κ3) is 4.98. The van der Waals surface area contributed by atoms with Crippen LogP contribution < -0.4 is 5.32 Å². The van der Waals surface area contributed by atoms with Gasteiger partial charge in [0, 0.05) is 12.2 Å². The molecule has 0 aliphatic carbocycles. The van der Waals surface area contributed by atoms with Gasteiger partial charge in [-0.15, -0.1) is 0 Å². The van der Waals surface area contributed by atoms with Gasteiger partial charge in [0.15, 0.2) is 0 Å². The summed E-state index contributed by atoms with van der Waals surface area (Å²) in [6, 6.07) is 3.49. The van der Waals surface area contributed by atoms with E-state index in [4.69, 9.17) is 16.3 Å². The summed E-state index contributed by atoms with van der Waals surface area (Å²) < 4.78 is 42.5. The number of esters is 1. The van der Waals surface area contributed by atoms with Crippen molar-refractivity contribution in [2.45, 2.75) is 19.5 Å². The third-order valence-electron chi connectivity index (χ3n) is 2.24. The Labute approximate surface area is 113 Å². The minimum absolute atomic E-state index is 0.0812. The number of hydrogen-bond donors (Lipinski definition) is 1. The van der Waals surface area contributed by atoms with Crippen molar-refractivity contribution in [3.05, 3.63) is 28.8 Å². The van der Waals surface area contributed by atoms with Gasteiger partial charge in [-0.25, -0.2) is 0 Å². The normalized spacial score (nSPS) is 11.2. The first kappa shape index (κ1) is 15.6. The van der Waals surface area contributed by atoms with Gasteiger partial charge in [-0.3, -0.25) is 4.79 Å². The fourth-order valence-electron chi connectivity index (χ4n) is 1.39. The Kier molecular flexibility index (Phi) is 5.47. The number of alkyl halides is 3. The van der Waals surface area contributed by atoms with Crippen molar-refractivity contribution in [1.82, 2.24) is 0 Å². The lowest BCUT2D eigenvalue weighted by Crippen LogP contribution is -2.12. The summed E-state index contributed by atoms with van der Waals surface area (Å²) >= 11 is 5.48. The number of rotatable bonds is 5. The molecule has 3 nitrogen and oxygen atoms in total. The molecule has 7 heteroatoms. The van der Waals surface area contributed by atoms with Crippen LogP contribution in [-0.2, 0) is 15.7 Å². The summed E-state index contributed by atoms with van der Waals surface area (Å²) in [4.78, 5) is 11.1. The van der Waals surface area contributed by atoms with Crippen LogP contribution in [0.3, 0.4) is 0 Å². The molecule has 0 saturated heterocycles. The van der Waals surface area contributed by atoms with Gasteiger partial charge in [0.2, 0.25) is 0 Å². The molecule has 1 N–H and O–H groups in total. The molecule has 0 atom stereocenters. The van der Waals surface area contributed by atoms with Gasteiger partial charge >= 0.3 is 12.1 Å². The Hall–Kier alpha value is -1.43. The monoisotopic (exact) mass is 295 g/mol. The number of anilines is 1.